The number of hydrogen-bond acceptors (Lipinski definition) is 4. The molecular formula is C19H25NO3S. The van der Waals surface area contributed by atoms with Gasteiger partial charge >= 0.3 is 0 Å². The van der Waals surface area contributed by atoms with Crippen molar-refractivity contribution >= 4 is 15.6 Å². The summed E-state index contributed by atoms with van der Waals surface area (Å²) < 4.78 is 27.0. The van der Waals surface area contributed by atoms with Gasteiger partial charge in [-0.15, -0.1) is 0 Å². The van der Waals surface area contributed by atoms with Crippen molar-refractivity contribution in [1.82, 2.24) is 5.32 Å². The van der Waals surface area contributed by atoms with Crippen LogP contribution in [0.15, 0.2) is 35.2 Å². The van der Waals surface area contributed by atoms with Crippen molar-refractivity contribution in [2.45, 2.75) is 54.7 Å². The molecule has 1 aliphatic heterocycles. The lowest BCUT2D eigenvalue weighted by molar-refractivity contribution is -0.131. The average molecular weight is 347 g/mol. The van der Waals surface area contributed by atoms with Gasteiger partial charge in [0, 0.05) is 18.4 Å². The first kappa shape index (κ1) is 16.3. The van der Waals surface area contributed by atoms with Crippen molar-refractivity contribution in [2.75, 3.05) is 6.54 Å². The van der Waals surface area contributed by atoms with E-state index in [9.17, 15) is 13.2 Å². The zero-order chi connectivity index (χ0) is 16.9. The summed E-state index contributed by atoms with van der Waals surface area (Å²) in [6.45, 7) is 2.87. The molecule has 24 heavy (non-hydrogen) atoms. The largest absolute Gasteiger partial charge is 0.309 e. The number of piperidine rings is 1. The van der Waals surface area contributed by atoms with E-state index < -0.39 is 20.6 Å². The van der Waals surface area contributed by atoms with Gasteiger partial charge in [-0.25, -0.2) is 8.42 Å². The number of nitrogens with one attached hydrogen (secondary N) is 1. The molecule has 1 aromatic carbocycles. The Morgan fingerprint density at radius 3 is 2.71 bits per heavy atom. The Morgan fingerprint density at radius 2 is 1.96 bits per heavy atom. The van der Waals surface area contributed by atoms with Crippen molar-refractivity contribution in [3.05, 3.63) is 30.3 Å². The Bertz CT molecular complexity index is 745. The normalized spacial score (nSPS) is 39.3. The standard InChI is InChI=1S/C19H25NO3S/c1-13-10-14-11-15(21)12-19(17(14)8-5-9-20-19)18(13)24(22,23)16-6-3-2-4-7-16/h2-4,6-7,13-14,17-18,20H,5,8-12H2,1H3/t13-,14-,17-,18+,19-/m1/s1. The number of Topliss-reactive ketones (excluding diaryl/α,β-unsaturated/α-hetero) is 1. The van der Waals surface area contributed by atoms with E-state index >= 15 is 0 Å². The summed E-state index contributed by atoms with van der Waals surface area (Å²) in [5.41, 5.74) is -0.565. The Balaban J connectivity index is 1.85. The van der Waals surface area contributed by atoms with E-state index in [0.29, 0.717) is 29.6 Å². The molecule has 0 amide bonds. The molecule has 2 bridgehead atoms. The van der Waals surface area contributed by atoms with Crippen LogP contribution in [0.4, 0.5) is 0 Å². The molecule has 5 heteroatoms. The summed E-state index contributed by atoms with van der Waals surface area (Å²) in [6, 6.07) is 8.77. The number of rotatable bonds is 2. The first-order valence-corrected chi connectivity index (χ1v) is 10.6. The van der Waals surface area contributed by atoms with Gasteiger partial charge in [-0.3, -0.25) is 4.79 Å². The van der Waals surface area contributed by atoms with Crippen LogP contribution in [0.25, 0.3) is 0 Å². The maximum absolute atomic E-state index is 13.5. The smallest absolute Gasteiger partial charge is 0.183 e. The fourth-order valence-electron chi connectivity index (χ4n) is 5.82. The van der Waals surface area contributed by atoms with Crippen molar-refractivity contribution in [1.29, 1.82) is 0 Å². The quantitative estimate of drug-likeness (QED) is 0.893. The number of benzene rings is 1. The summed E-state index contributed by atoms with van der Waals surface area (Å²) in [7, 11) is -3.48. The van der Waals surface area contributed by atoms with E-state index in [4.69, 9.17) is 0 Å². The van der Waals surface area contributed by atoms with Gasteiger partial charge in [0.25, 0.3) is 0 Å². The molecule has 130 valence electrons. The summed E-state index contributed by atoms with van der Waals surface area (Å²) in [5.74, 6) is 0.945. The van der Waals surface area contributed by atoms with Crippen molar-refractivity contribution < 1.29 is 13.2 Å². The van der Waals surface area contributed by atoms with E-state index in [-0.39, 0.29) is 11.7 Å². The lowest BCUT2D eigenvalue weighted by Gasteiger charge is -2.59. The highest BCUT2D eigenvalue weighted by Gasteiger charge is 2.62. The predicted molar refractivity (Wildman–Crippen MR) is 92.4 cm³/mol. The Labute approximate surface area is 143 Å². The second kappa shape index (κ2) is 5.67. The molecule has 3 fully saturated rings. The van der Waals surface area contributed by atoms with Gasteiger partial charge in [0.2, 0.25) is 0 Å². The molecule has 1 N–H and O–H groups in total. The highest BCUT2D eigenvalue weighted by molar-refractivity contribution is 7.92. The highest BCUT2D eigenvalue weighted by atomic mass is 32.2. The number of sulfone groups is 1. The van der Waals surface area contributed by atoms with Gasteiger partial charge in [-0.1, -0.05) is 25.1 Å². The zero-order valence-electron chi connectivity index (χ0n) is 14.1. The molecule has 0 spiro atoms. The Hall–Kier alpha value is -1.20. The predicted octanol–water partition coefficient (Wildman–Crippen LogP) is 2.59. The number of hydrogen-bond donors (Lipinski definition) is 1. The van der Waals surface area contributed by atoms with Crippen LogP contribution in [0.3, 0.4) is 0 Å². The van der Waals surface area contributed by atoms with Gasteiger partial charge in [0.1, 0.15) is 5.78 Å². The van der Waals surface area contributed by atoms with E-state index in [1.807, 2.05) is 6.07 Å². The number of carbonyl (C=O) groups is 1. The fourth-order valence-corrected chi connectivity index (χ4v) is 8.27. The van der Waals surface area contributed by atoms with Crippen LogP contribution in [0, 0.1) is 17.8 Å². The molecule has 0 aromatic heterocycles. The maximum atomic E-state index is 13.5. The van der Waals surface area contributed by atoms with Crippen LogP contribution in [0.1, 0.15) is 39.0 Å². The fraction of sp³-hybridized carbons (Fsp3) is 0.632. The summed E-state index contributed by atoms with van der Waals surface area (Å²) in [6.07, 6.45) is 3.96. The molecule has 1 aromatic rings. The van der Waals surface area contributed by atoms with Gasteiger partial charge in [0.05, 0.1) is 10.1 Å². The molecule has 2 aliphatic carbocycles. The van der Waals surface area contributed by atoms with Gasteiger partial charge < -0.3 is 5.32 Å². The molecule has 1 saturated heterocycles. The first-order chi connectivity index (χ1) is 11.4. The number of carbonyl (C=O) groups excluding carboxylic acids is 1. The van der Waals surface area contributed by atoms with E-state index in [0.717, 1.165) is 25.8 Å². The summed E-state index contributed by atoms with van der Waals surface area (Å²) in [5, 5.41) is 3.04. The molecule has 4 nitrogen and oxygen atoms in total. The van der Waals surface area contributed by atoms with Crippen molar-refractivity contribution in [2.24, 2.45) is 17.8 Å². The Morgan fingerprint density at radius 1 is 1.21 bits per heavy atom. The zero-order valence-corrected chi connectivity index (χ0v) is 14.9. The highest BCUT2D eigenvalue weighted by Crippen LogP contribution is 2.54. The van der Waals surface area contributed by atoms with Crippen LogP contribution < -0.4 is 5.32 Å². The summed E-state index contributed by atoms with van der Waals surface area (Å²) >= 11 is 0. The third-order valence-electron chi connectivity index (χ3n) is 6.46. The van der Waals surface area contributed by atoms with Gasteiger partial charge in [-0.05, 0) is 55.7 Å². The van der Waals surface area contributed by atoms with Crippen molar-refractivity contribution in [3.63, 3.8) is 0 Å². The van der Waals surface area contributed by atoms with Crippen LogP contribution in [0.2, 0.25) is 0 Å². The van der Waals surface area contributed by atoms with Gasteiger partial charge in [0.15, 0.2) is 9.84 Å². The number of ketones is 1. The average Bonchev–Trinajstić information content (AvgIpc) is 2.54. The van der Waals surface area contributed by atoms with Gasteiger partial charge in [-0.2, -0.15) is 0 Å². The molecular weight excluding hydrogens is 322 g/mol. The second-order valence-electron chi connectivity index (χ2n) is 7.89. The second-order valence-corrected chi connectivity index (χ2v) is 9.96. The molecule has 0 radical (unpaired) electrons. The molecule has 2 saturated carbocycles. The monoisotopic (exact) mass is 347 g/mol. The van der Waals surface area contributed by atoms with Crippen LogP contribution in [-0.2, 0) is 14.6 Å². The minimum Gasteiger partial charge on any atom is -0.309 e. The molecule has 5 atom stereocenters. The molecule has 1 heterocycles. The van der Waals surface area contributed by atoms with Crippen LogP contribution >= 0.6 is 0 Å². The lowest BCUT2D eigenvalue weighted by Crippen LogP contribution is -2.72. The Kier molecular flexibility index (Phi) is 3.84. The van der Waals surface area contributed by atoms with Crippen LogP contribution in [0.5, 0.6) is 0 Å². The van der Waals surface area contributed by atoms with E-state index in [2.05, 4.69) is 12.2 Å². The maximum Gasteiger partial charge on any atom is 0.183 e. The lowest BCUT2D eigenvalue weighted by atomic mass is 9.54. The molecule has 4 rings (SSSR count). The first-order valence-electron chi connectivity index (χ1n) is 9.01. The SMILES string of the molecule is C[C@@H]1C[C@@H]2CC(=O)C[C@]3(NCCC[C@H]23)[C@H]1S(=O)(=O)c1ccccc1. The van der Waals surface area contributed by atoms with Crippen LogP contribution in [-0.4, -0.2) is 31.5 Å². The minimum atomic E-state index is -3.48. The van der Waals surface area contributed by atoms with E-state index in [1.165, 1.54) is 0 Å². The minimum absolute atomic E-state index is 0.0650. The molecule has 0 unspecified atom stereocenters. The third-order valence-corrected chi connectivity index (χ3v) is 8.94. The third kappa shape index (κ3) is 2.28. The van der Waals surface area contributed by atoms with Crippen molar-refractivity contribution in [3.8, 4) is 0 Å². The van der Waals surface area contributed by atoms with E-state index in [1.54, 1.807) is 24.3 Å². The molecule has 3 aliphatic rings. The summed E-state index contributed by atoms with van der Waals surface area (Å²) in [4.78, 5) is 12.8. The topological polar surface area (TPSA) is 63.2 Å².